The van der Waals surface area contributed by atoms with E-state index in [1.165, 1.54) is 22.3 Å². The van der Waals surface area contributed by atoms with Crippen molar-refractivity contribution >= 4 is 0 Å². The standard InChI is InChI=1S/C23H24O.C4H10/c1-23(2,3)21-12-6-18(7-13-21)16-17-4-8-19(9-5-17)20-10-14-22(24)15-11-20;1-4(2)3/h4-15,24H,16H2,1-3H3;4H,1-3H3. The van der Waals surface area contributed by atoms with Gasteiger partial charge in [0.15, 0.2) is 0 Å². The maximum atomic E-state index is 9.38. The molecule has 0 saturated heterocycles. The van der Waals surface area contributed by atoms with E-state index < -0.39 is 0 Å². The molecule has 0 aliphatic heterocycles. The third-order valence-electron chi connectivity index (χ3n) is 4.38. The fourth-order valence-electron chi connectivity index (χ4n) is 2.83. The number of aromatic hydroxyl groups is 1. The van der Waals surface area contributed by atoms with Crippen LogP contribution in [0.2, 0.25) is 0 Å². The highest BCUT2D eigenvalue weighted by molar-refractivity contribution is 5.64. The maximum absolute atomic E-state index is 9.38. The lowest BCUT2D eigenvalue weighted by Gasteiger charge is -2.19. The van der Waals surface area contributed by atoms with Crippen LogP contribution in [0.25, 0.3) is 11.1 Å². The molecule has 3 aromatic carbocycles. The van der Waals surface area contributed by atoms with E-state index in [-0.39, 0.29) is 5.41 Å². The number of hydrogen-bond donors (Lipinski definition) is 1. The van der Waals surface area contributed by atoms with Crippen LogP contribution in [0.5, 0.6) is 5.75 Å². The van der Waals surface area contributed by atoms with Crippen LogP contribution in [0.4, 0.5) is 0 Å². The van der Waals surface area contributed by atoms with E-state index in [0.717, 1.165) is 17.9 Å². The van der Waals surface area contributed by atoms with Gasteiger partial charge in [-0.2, -0.15) is 0 Å². The highest BCUT2D eigenvalue weighted by Gasteiger charge is 2.12. The van der Waals surface area contributed by atoms with E-state index in [1.54, 1.807) is 12.1 Å². The summed E-state index contributed by atoms with van der Waals surface area (Å²) in [7, 11) is 0. The maximum Gasteiger partial charge on any atom is 0.115 e. The molecular weight excluding hydrogens is 340 g/mol. The van der Waals surface area contributed by atoms with Crippen LogP contribution in [0.1, 0.15) is 58.2 Å². The quantitative estimate of drug-likeness (QED) is 0.500. The zero-order valence-corrected chi connectivity index (χ0v) is 18.2. The number of benzene rings is 3. The molecule has 0 bridgehead atoms. The number of phenolic OH excluding ortho intramolecular Hbond substituents is 1. The Morgan fingerprint density at radius 1 is 0.643 bits per heavy atom. The molecule has 28 heavy (non-hydrogen) atoms. The molecule has 0 atom stereocenters. The van der Waals surface area contributed by atoms with Crippen molar-refractivity contribution in [3.05, 3.63) is 89.5 Å². The Labute approximate surface area is 171 Å². The average Bonchev–Trinajstić information content (AvgIpc) is 2.62. The summed E-state index contributed by atoms with van der Waals surface area (Å²) in [6, 6.07) is 24.9. The van der Waals surface area contributed by atoms with Gasteiger partial charge in [-0.25, -0.2) is 0 Å². The van der Waals surface area contributed by atoms with Gasteiger partial charge in [0.25, 0.3) is 0 Å². The highest BCUT2D eigenvalue weighted by Crippen LogP contribution is 2.25. The van der Waals surface area contributed by atoms with Crippen LogP contribution < -0.4 is 0 Å². The first-order valence-corrected chi connectivity index (χ1v) is 10.1. The molecule has 0 spiro atoms. The Kier molecular flexibility index (Phi) is 7.45. The van der Waals surface area contributed by atoms with Crippen molar-refractivity contribution in [1.82, 2.24) is 0 Å². The molecule has 0 radical (unpaired) electrons. The van der Waals surface area contributed by atoms with Crippen LogP contribution in [0.3, 0.4) is 0 Å². The van der Waals surface area contributed by atoms with E-state index in [2.05, 4.69) is 90.1 Å². The van der Waals surface area contributed by atoms with Gasteiger partial charge in [-0.15, -0.1) is 0 Å². The van der Waals surface area contributed by atoms with Crippen molar-refractivity contribution in [3.8, 4) is 16.9 Å². The summed E-state index contributed by atoms with van der Waals surface area (Å²) in [5, 5.41) is 9.38. The van der Waals surface area contributed by atoms with Gasteiger partial charge in [-0.3, -0.25) is 0 Å². The third kappa shape index (κ3) is 6.88. The normalized spacial score (nSPS) is 11.1. The number of phenols is 1. The topological polar surface area (TPSA) is 20.2 Å². The molecule has 0 heterocycles. The second-order valence-corrected chi connectivity index (χ2v) is 9.10. The number of rotatable bonds is 3. The molecule has 3 aromatic rings. The second-order valence-electron chi connectivity index (χ2n) is 9.10. The van der Waals surface area contributed by atoms with E-state index in [9.17, 15) is 5.11 Å². The van der Waals surface area contributed by atoms with E-state index in [0.29, 0.717) is 5.75 Å². The minimum absolute atomic E-state index is 0.199. The smallest absolute Gasteiger partial charge is 0.115 e. The van der Waals surface area contributed by atoms with Crippen LogP contribution in [-0.4, -0.2) is 5.11 Å². The third-order valence-corrected chi connectivity index (χ3v) is 4.38. The fraction of sp³-hybridized carbons (Fsp3) is 0.333. The molecule has 0 aliphatic carbocycles. The molecule has 0 fully saturated rings. The minimum Gasteiger partial charge on any atom is -0.508 e. The van der Waals surface area contributed by atoms with Gasteiger partial charge in [0.1, 0.15) is 5.75 Å². The van der Waals surface area contributed by atoms with Gasteiger partial charge < -0.3 is 5.11 Å². The minimum atomic E-state index is 0.199. The lowest BCUT2D eigenvalue weighted by atomic mass is 9.86. The van der Waals surface area contributed by atoms with Crippen molar-refractivity contribution in [2.24, 2.45) is 5.92 Å². The van der Waals surface area contributed by atoms with Crippen LogP contribution in [0.15, 0.2) is 72.8 Å². The van der Waals surface area contributed by atoms with Crippen molar-refractivity contribution in [3.63, 3.8) is 0 Å². The summed E-state index contributed by atoms with van der Waals surface area (Å²) in [5.74, 6) is 1.13. The van der Waals surface area contributed by atoms with Gasteiger partial charge in [0.2, 0.25) is 0 Å². The predicted octanol–water partition coefficient (Wildman–Crippen LogP) is 7.61. The Balaban J connectivity index is 0.000000640. The first-order chi connectivity index (χ1) is 13.1. The van der Waals surface area contributed by atoms with E-state index in [4.69, 9.17) is 0 Å². The lowest BCUT2D eigenvalue weighted by Crippen LogP contribution is -2.10. The first-order valence-electron chi connectivity index (χ1n) is 10.1. The monoisotopic (exact) mass is 374 g/mol. The molecule has 1 heteroatoms. The largest absolute Gasteiger partial charge is 0.508 e. The number of hydrogen-bond acceptors (Lipinski definition) is 1. The lowest BCUT2D eigenvalue weighted by molar-refractivity contribution is 0.475. The van der Waals surface area contributed by atoms with Crippen molar-refractivity contribution in [1.29, 1.82) is 0 Å². The SMILES string of the molecule is CC(C)(C)c1ccc(Cc2ccc(-c3ccc(O)cc3)cc2)cc1.CC(C)C. The predicted molar refractivity (Wildman–Crippen MR) is 122 cm³/mol. The van der Waals surface area contributed by atoms with Gasteiger partial charge in [-0.1, -0.05) is 102 Å². The van der Waals surface area contributed by atoms with Gasteiger partial charge in [-0.05, 0) is 57.7 Å². The van der Waals surface area contributed by atoms with E-state index >= 15 is 0 Å². The fourth-order valence-corrected chi connectivity index (χ4v) is 2.83. The molecule has 0 unspecified atom stereocenters. The molecule has 0 amide bonds. The molecule has 1 nitrogen and oxygen atoms in total. The second kappa shape index (κ2) is 9.59. The van der Waals surface area contributed by atoms with Crippen molar-refractivity contribution in [2.45, 2.75) is 53.4 Å². The van der Waals surface area contributed by atoms with Crippen molar-refractivity contribution in [2.75, 3.05) is 0 Å². The van der Waals surface area contributed by atoms with Gasteiger partial charge >= 0.3 is 0 Å². The highest BCUT2D eigenvalue weighted by atomic mass is 16.3. The molecule has 148 valence electrons. The Morgan fingerprint density at radius 2 is 1.00 bits per heavy atom. The van der Waals surface area contributed by atoms with Crippen LogP contribution in [-0.2, 0) is 11.8 Å². The summed E-state index contributed by atoms with van der Waals surface area (Å²) >= 11 is 0. The molecule has 3 rings (SSSR count). The summed E-state index contributed by atoms with van der Waals surface area (Å²) in [6.07, 6.45) is 0.945. The zero-order valence-electron chi connectivity index (χ0n) is 18.2. The molecule has 0 aliphatic rings. The van der Waals surface area contributed by atoms with E-state index in [1.807, 2.05) is 12.1 Å². The Bertz CT molecular complexity index is 830. The van der Waals surface area contributed by atoms with Crippen molar-refractivity contribution < 1.29 is 5.11 Å². The Morgan fingerprint density at radius 3 is 1.39 bits per heavy atom. The molecule has 1 N–H and O–H groups in total. The summed E-state index contributed by atoms with van der Waals surface area (Å²) in [4.78, 5) is 0. The zero-order chi connectivity index (χ0) is 20.7. The van der Waals surface area contributed by atoms with Gasteiger partial charge in [0, 0.05) is 0 Å². The molecule has 0 aromatic heterocycles. The van der Waals surface area contributed by atoms with Crippen LogP contribution >= 0.6 is 0 Å². The Hall–Kier alpha value is -2.54. The summed E-state index contributed by atoms with van der Waals surface area (Å²) < 4.78 is 0. The molecule has 0 saturated carbocycles. The summed E-state index contributed by atoms with van der Waals surface area (Å²) in [5.41, 5.74) is 6.50. The van der Waals surface area contributed by atoms with Gasteiger partial charge in [0.05, 0.1) is 0 Å². The average molecular weight is 375 g/mol. The first kappa shape index (κ1) is 21.8. The van der Waals surface area contributed by atoms with Crippen LogP contribution in [0, 0.1) is 5.92 Å². The molecular formula is C27H34O. The summed E-state index contributed by atoms with van der Waals surface area (Å²) in [6.45, 7) is 13.2.